The van der Waals surface area contributed by atoms with E-state index in [4.69, 9.17) is 26.1 Å². The fourth-order valence-electron chi connectivity index (χ4n) is 4.36. The van der Waals surface area contributed by atoms with Gasteiger partial charge < -0.3 is 20.1 Å². The fraction of sp³-hybridized carbons (Fsp3) is 0.154. The summed E-state index contributed by atoms with van der Waals surface area (Å²) in [6, 6.07) is 20.2. The van der Waals surface area contributed by atoms with Gasteiger partial charge in [0.15, 0.2) is 11.5 Å². The van der Waals surface area contributed by atoms with Crippen molar-refractivity contribution < 1.29 is 14.3 Å². The van der Waals surface area contributed by atoms with E-state index in [9.17, 15) is 4.79 Å². The smallest absolute Gasteiger partial charge is 0.255 e. The molecule has 34 heavy (non-hydrogen) atoms. The number of carbonyl (C=O) groups is 1. The number of fused-ring (bicyclic) bond motifs is 3. The molecule has 1 atom stereocenters. The minimum Gasteiger partial charge on any atom is -0.493 e. The highest BCUT2D eigenvalue weighted by Crippen LogP contribution is 2.41. The van der Waals surface area contributed by atoms with Crippen molar-refractivity contribution in [3.8, 4) is 11.5 Å². The highest BCUT2D eigenvalue weighted by molar-refractivity contribution is 6.31. The molecular formula is C26H23ClN4O3. The molecule has 0 fully saturated rings. The topological polar surface area (TPSA) is 77.4 Å². The number of aromatic nitrogens is 2. The summed E-state index contributed by atoms with van der Waals surface area (Å²) in [7, 11) is 3.19. The molecule has 0 spiro atoms. The van der Waals surface area contributed by atoms with E-state index >= 15 is 0 Å². The van der Waals surface area contributed by atoms with Gasteiger partial charge in [0.05, 0.1) is 36.9 Å². The Labute approximate surface area is 202 Å². The van der Waals surface area contributed by atoms with Crippen LogP contribution < -0.4 is 20.1 Å². The second-order valence-corrected chi connectivity index (χ2v) is 8.38. The van der Waals surface area contributed by atoms with Crippen molar-refractivity contribution in [2.45, 2.75) is 13.0 Å². The predicted molar refractivity (Wildman–Crippen MR) is 134 cm³/mol. The quantitative estimate of drug-likeness (QED) is 0.391. The molecule has 8 heteroatoms. The van der Waals surface area contributed by atoms with Crippen LogP contribution in [0.1, 0.15) is 18.5 Å². The monoisotopic (exact) mass is 474 g/mol. The Morgan fingerprint density at radius 3 is 2.59 bits per heavy atom. The van der Waals surface area contributed by atoms with Gasteiger partial charge in [-0.05, 0) is 55.0 Å². The molecule has 0 bridgehead atoms. The molecule has 2 N–H and O–H groups in total. The standard InChI is InChI=1S/C26H23ClN4O3/c1-15-23(25(32)29-18-8-6-7-17(27)14-18)24(16-11-12-21(33-2)22(13-16)34-3)31-20-10-5-4-9-19(20)30-26(31)28-15/h4-14,24H,1-3H3,(H,28,30)(H,29,32). The van der Waals surface area contributed by atoms with Crippen LogP contribution in [0, 0.1) is 0 Å². The van der Waals surface area contributed by atoms with E-state index in [1.807, 2.05) is 54.0 Å². The molecule has 4 aromatic rings. The van der Waals surface area contributed by atoms with E-state index in [0.717, 1.165) is 16.6 Å². The molecule has 172 valence electrons. The Hall–Kier alpha value is -3.97. The molecular weight excluding hydrogens is 452 g/mol. The van der Waals surface area contributed by atoms with Gasteiger partial charge in [0.1, 0.15) is 0 Å². The summed E-state index contributed by atoms with van der Waals surface area (Å²) < 4.78 is 13.0. The number of carbonyl (C=O) groups excluding carboxylic acids is 1. The number of nitrogens with one attached hydrogen (secondary N) is 2. The summed E-state index contributed by atoms with van der Waals surface area (Å²) in [5.74, 6) is 1.62. The molecule has 3 aromatic carbocycles. The van der Waals surface area contributed by atoms with Gasteiger partial charge in [-0.15, -0.1) is 0 Å². The number of amides is 1. The van der Waals surface area contributed by atoms with Gasteiger partial charge in [-0.25, -0.2) is 4.98 Å². The number of benzene rings is 3. The number of allylic oxidation sites excluding steroid dienone is 1. The summed E-state index contributed by atoms with van der Waals surface area (Å²) >= 11 is 6.13. The van der Waals surface area contributed by atoms with Crippen LogP contribution in [-0.2, 0) is 4.79 Å². The van der Waals surface area contributed by atoms with Gasteiger partial charge >= 0.3 is 0 Å². The third-order valence-electron chi connectivity index (χ3n) is 5.88. The molecule has 1 aromatic heterocycles. The normalized spacial score (nSPS) is 15.0. The van der Waals surface area contributed by atoms with Crippen molar-refractivity contribution in [3.63, 3.8) is 0 Å². The Bertz CT molecular complexity index is 1440. The van der Waals surface area contributed by atoms with Gasteiger partial charge in [0.25, 0.3) is 5.91 Å². The van der Waals surface area contributed by atoms with Crippen LogP contribution in [-0.4, -0.2) is 29.7 Å². The van der Waals surface area contributed by atoms with E-state index in [2.05, 4.69) is 10.6 Å². The first-order valence-corrected chi connectivity index (χ1v) is 11.1. The van der Waals surface area contributed by atoms with Crippen molar-refractivity contribution in [2.75, 3.05) is 24.9 Å². The van der Waals surface area contributed by atoms with E-state index < -0.39 is 6.04 Å². The molecule has 1 aliphatic heterocycles. The second kappa shape index (κ2) is 8.76. The summed E-state index contributed by atoms with van der Waals surface area (Å²) in [6.07, 6.45) is 0. The summed E-state index contributed by atoms with van der Waals surface area (Å²) in [5, 5.41) is 6.86. The average molecular weight is 475 g/mol. The molecule has 7 nitrogen and oxygen atoms in total. The van der Waals surface area contributed by atoms with Crippen LogP contribution in [0.5, 0.6) is 11.5 Å². The summed E-state index contributed by atoms with van der Waals surface area (Å²) in [5.41, 5.74) is 4.49. The van der Waals surface area contributed by atoms with Crippen LogP contribution in [0.2, 0.25) is 5.02 Å². The molecule has 0 saturated carbocycles. The first-order chi connectivity index (χ1) is 16.5. The van der Waals surface area contributed by atoms with Crippen LogP contribution in [0.3, 0.4) is 0 Å². The molecule has 0 saturated heterocycles. The minimum absolute atomic E-state index is 0.240. The molecule has 2 heterocycles. The number of ether oxygens (including phenoxy) is 2. The number of methoxy groups -OCH3 is 2. The maximum Gasteiger partial charge on any atom is 0.255 e. The largest absolute Gasteiger partial charge is 0.493 e. The van der Waals surface area contributed by atoms with Crippen LogP contribution in [0.25, 0.3) is 11.0 Å². The Morgan fingerprint density at radius 2 is 1.82 bits per heavy atom. The zero-order valence-corrected chi connectivity index (χ0v) is 19.7. The molecule has 5 rings (SSSR count). The number of hydrogen-bond acceptors (Lipinski definition) is 5. The summed E-state index contributed by atoms with van der Waals surface area (Å²) in [6.45, 7) is 1.88. The average Bonchev–Trinajstić information content (AvgIpc) is 3.20. The van der Waals surface area contributed by atoms with Gasteiger partial charge in [-0.1, -0.05) is 35.9 Å². The third-order valence-corrected chi connectivity index (χ3v) is 6.12. The van der Waals surface area contributed by atoms with Crippen molar-refractivity contribution in [1.82, 2.24) is 9.55 Å². The van der Waals surface area contributed by atoms with E-state index in [-0.39, 0.29) is 5.91 Å². The van der Waals surface area contributed by atoms with Crippen LogP contribution >= 0.6 is 11.6 Å². The van der Waals surface area contributed by atoms with E-state index in [1.54, 1.807) is 38.5 Å². The molecule has 1 unspecified atom stereocenters. The first-order valence-electron chi connectivity index (χ1n) is 10.7. The Kier molecular flexibility index (Phi) is 5.63. The highest BCUT2D eigenvalue weighted by atomic mass is 35.5. The zero-order valence-electron chi connectivity index (χ0n) is 18.9. The lowest BCUT2D eigenvalue weighted by atomic mass is 9.94. The first kappa shape index (κ1) is 21.9. The molecule has 1 aliphatic rings. The number of rotatable bonds is 5. The van der Waals surface area contributed by atoms with Crippen LogP contribution in [0.15, 0.2) is 78.0 Å². The van der Waals surface area contributed by atoms with Crippen molar-refractivity contribution in [1.29, 1.82) is 0 Å². The number of halogens is 1. The number of hydrogen-bond donors (Lipinski definition) is 2. The van der Waals surface area contributed by atoms with Crippen molar-refractivity contribution in [2.24, 2.45) is 0 Å². The number of nitrogens with zero attached hydrogens (tertiary/aromatic N) is 2. The van der Waals surface area contributed by atoms with Gasteiger partial charge in [0.2, 0.25) is 5.95 Å². The van der Waals surface area contributed by atoms with Gasteiger partial charge in [0, 0.05) is 16.4 Å². The number of para-hydroxylation sites is 2. The Balaban J connectivity index is 1.68. The zero-order chi connectivity index (χ0) is 23.8. The maximum absolute atomic E-state index is 13.7. The fourth-order valence-corrected chi connectivity index (χ4v) is 4.55. The molecule has 0 aliphatic carbocycles. The lowest BCUT2D eigenvalue weighted by molar-refractivity contribution is -0.113. The number of anilines is 2. The molecule has 1 amide bonds. The molecule has 0 radical (unpaired) electrons. The summed E-state index contributed by atoms with van der Waals surface area (Å²) in [4.78, 5) is 18.4. The Morgan fingerprint density at radius 1 is 1.03 bits per heavy atom. The highest BCUT2D eigenvalue weighted by Gasteiger charge is 2.34. The second-order valence-electron chi connectivity index (χ2n) is 7.94. The van der Waals surface area contributed by atoms with E-state index in [1.165, 1.54) is 0 Å². The van der Waals surface area contributed by atoms with Crippen molar-refractivity contribution >= 4 is 40.2 Å². The lowest BCUT2D eigenvalue weighted by Gasteiger charge is -2.31. The maximum atomic E-state index is 13.7. The lowest BCUT2D eigenvalue weighted by Crippen LogP contribution is -2.31. The number of imidazole rings is 1. The van der Waals surface area contributed by atoms with Crippen molar-refractivity contribution in [3.05, 3.63) is 88.6 Å². The predicted octanol–water partition coefficient (Wildman–Crippen LogP) is 5.63. The van der Waals surface area contributed by atoms with Crippen LogP contribution in [0.4, 0.5) is 11.6 Å². The van der Waals surface area contributed by atoms with Gasteiger partial charge in [-0.3, -0.25) is 9.36 Å². The minimum atomic E-state index is -0.456. The SMILES string of the molecule is COc1ccc(C2C(C(=O)Nc3cccc(Cl)c3)=C(C)Nc3nc4ccccc4n32)cc1OC. The van der Waals surface area contributed by atoms with E-state index in [0.29, 0.717) is 39.4 Å². The van der Waals surface area contributed by atoms with Gasteiger partial charge in [-0.2, -0.15) is 0 Å². The third kappa shape index (κ3) is 3.74.